The maximum atomic E-state index is 12.3. The van der Waals surface area contributed by atoms with E-state index < -0.39 is 4.92 Å². The van der Waals surface area contributed by atoms with Gasteiger partial charge >= 0.3 is 0 Å². The minimum Gasteiger partial charge on any atom is -0.397 e. The van der Waals surface area contributed by atoms with Crippen LogP contribution in [-0.4, -0.2) is 59.8 Å². The zero-order valence-electron chi connectivity index (χ0n) is 18.8. The molecule has 0 spiro atoms. The molecular formula is C22H27N7O4S. The standard InChI is InChI=1S/C22H27N7O4S/c1-15-21(34-22(25-15)27-20(30)7-9-28-10-12-33-13-11-28)19(23)6-8-24-16(2)26-17-4-3-5-18(14-17)29(31)32/h3-6,8,14,26H,2,7,9-13,23H2,1H3,(H,25,27,30)/b19-6-,24-8-. The highest BCUT2D eigenvalue weighted by Gasteiger charge is 2.15. The Bertz CT molecular complexity index is 1110. The predicted molar refractivity (Wildman–Crippen MR) is 134 cm³/mol. The van der Waals surface area contributed by atoms with Gasteiger partial charge in [-0.25, -0.2) is 9.98 Å². The molecule has 0 radical (unpaired) electrons. The van der Waals surface area contributed by atoms with Crippen LogP contribution in [0, 0.1) is 17.0 Å². The molecule has 12 heteroatoms. The van der Waals surface area contributed by atoms with E-state index in [4.69, 9.17) is 10.5 Å². The van der Waals surface area contributed by atoms with Crippen LogP contribution in [0.1, 0.15) is 17.0 Å². The summed E-state index contributed by atoms with van der Waals surface area (Å²) >= 11 is 1.29. The van der Waals surface area contributed by atoms with Crippen molar-refractivity contribution >= 4 is 45.7 Å². The maximum Gasteiger partial charge on any atom is 0.271 e. The van der Waals surface area contributed by atoms with Crippen LogP contribution in [0.15, 0.2) is 47.7 Å². The Morgan fingerprint density at radius 3 is 2.91 bits per heavy atom. The van der Waals surface area contributed by atoms with Crippen molar-refractivity contribution in [1.29, 1.82) is 0 Å². The van der Waals surface area contributed by atoms with Gasteiger partial charge in [-0.1, -0.05) is 24.0 Å². The van der Waals surface area contributed by atoms with Crippen molar-refractivity contribution in [2.75, 3.05) is 43.5 Å². The van der Waals surface area contributed by atoms with Crippen molar-refractivity contribution in [1.82, 2.24) is 9.88 Å². The van der Waals surface area contributed by atoms with Gasteiger partial charge in [0.05, 0.1) is 34.4 Å². The first-order valence-electron chi connectivity index (χ1n) is 10.6. The molecule has 0 atom stereocenters. The summed E-state index contributed by atoms with van der Waals surface area (Å²) in [4.78, 5) is 34.2. The van der Waals surface area contributed by atoms with Crippen LogP contribution < -0.4 is 16.4 Å². The molecule has 3 rings (SSSR count). The Hall–Kier alpha value is -3.61. The molecule has 1 aliphatic heterocycles. The summed E-state index contributed by atoms with van der Waals surface area (Å²) in [6.45, 7) is 9.35. The summed E-state index contributed by atoms with van der Waals surface area (Å²) in [6.07, 6.45) is 3.46. The van der Waals surface area contributed by atoms with Gasteiger partial charge in [0, 0.05) is 50.1 Å². The first-order valence-corrected chi connectivity index (χ1v) is 11.4. The van der Waals surface area contributed by atoms with Gasteiger partial charge in [0.1, 0.15) is 5.82 Å². The summed E-state index contributed by atoms with van der Waals surface area (Å²) in [6, 6.07) is 6.04. The minimum atomic E-state index is -0.473. The Kier molecular flexibility index (Phi) is 8.85. The van der Waals surface area contributed by atoms with Crippen LogP contribution in [0.5, 0.6) is 0 Å². The van der Waals surface area contributed by atoms with E-state index in [0.717, 1.165) is 18.0 Å². The number of thiazole rings is 1. The SMILES string of the molecule is C=C(/N=C\C=C(/N)c1sc(NC(=O)CCN2CCOCC2)nc1C)Nc1cccc([N+](=O)[O-])c1. The lowest BCUT2D eigenvalue weighted by Gasteiger charge is -2.26. The number of aliphatic imine (C=N–C) groups is 1. The van der Waals surface area contributed by atoms with Crippen molar-refractivity contribution in [2.45, 2.75) is 13.3 Å². The monoisotopic (exact) mass is 485 g/mol. The molecule has 1 amide bonds. The molecule has 1 aromatic heterocycles. The molecule has 1 fully saturated rings. The molecule has 0 aliphatic carbocycles. The molecular weight excluding hydrogens is 458 g/mol. The van der Waals surface area contributed by atoms with E-state index in [0.29, 0.717) is 54.2 Å². The number of nitrogens with two attached hydrogens (primary N) is 1. The lowest BCUT2D eigenvalue weighted by molar-refractivity contribution is -0.384. The number of aromatic nitrogens is 1. The highest BCUT2D eigenvalue weighted by molar-refractivity contribution is 7.16. The first kappa shape index (κ1) is 25.0. The Morgan fingerprint density at radius 1 is 1.41 bits per heavy atom. The third kappa shape index (κ3) is 7.47. The number of carbonyl (C=O) groups is 1. The fourth-order valence-electron chi connectivity index (χ4n) is 3.16. The highest BCUT2D eigenvalue weighted by atomic mass is 32.1. The Morgan fingerprint density at radius 2 is 2.18 bits per heavy atom. The van der Waals surface area contributed by atoms with Crippen molar-refractivity contribution in [3.05, 3.63) is 63.4 Å². The molecule has 0 saturated carbocycles. The first-order chi connectivity index (χ1) is 16.3. The number of hydrogen-bond donors (Lipinski definition) is 3. The van der Waals surface area contributed by atoms with Gasteiger partial charge in [-0.15, -0.1) is 0 Å². The number of nitro benzene ring substituents is 1. The number of carbonyl (C=O) groups excluding carboxylic acids is 1. The van der Waals surface area contributed by atoms with Crippen LogP contribution in [-0.2, 0) is 9.53 Å². The van der Waals surface area contributed by atoms with Gasteiger partial charge in [0.25, 0.3) is 5.69 Å². The van der Waals surface area contributed by atoms with Crippen LogP contribution >= 0.6 is 11.3 Å². The van der Waals surface area contributed by atoms with Gasteiger partial charge in [-0.3, -0.25) is 19.8 Å². The second-order valence-corrected chi connectivity index (χ2v) is 8.46. The zero-order valence-corrected chi connectivity index (χ0v) is 19.6. The average molecular weight is 486 g/mol. The molecule has 2 heterocycles. The third-order valence-corrected chi connectivity index (χ3v) is 6.02. The van der Waals surface area contributed by atoms with E-state index in [1.54, 1.807) is 18.2 Å². The zero-order chi connectivity index (χ0) is 24.5. The number of rotatable bonds is 10. The molecule has 180 valence electrons. The van der Waals surface area contributed by atoms with Crippen LogP contribution in [0.25, 0.3) is 5.70 Å². The number of aryl methyl sites for hydroxylation is 1. The van der Waals surface area contributed by atoms with E-state index in [-0.39, 0.29) is 11.6 Å². The summed E-state index contributed by atoms with van der Waals surface area (Å²) < 4.78 is 5.31. The van der Waals surface area contributed by atoms with Gasteiger partial charge in [0.2, 0.25) is 5.91 Å². The van der Waals surface area contributed by atoms with E-state index in [9.17, 15) is 14.9 Å². The number of ether oxygens (including phenoxy) is 1. The molecule has 11 nitrogen and oxygen atoms in total. The van der Waals surface area contributed by atoms with Crippen molar-refractivity contribution in [2.24, 2.45) is 10.7 Å². The fraction of sp³-hybridized carbons (Fsp3) is 0.318. The summed E-state index contributed by atoms with van der Waals surface area (Å²) in [7, 11) is 0. The van der Waals surface area contributed by atoms with Gasteiger partial charge in [0.15, 0.2) is 5.13 Å². The van der Waals surface area contributed by atoms with Crippen molar-refractivity contribution in [3.8, 4) is 0 Å². The number of nitrogens with zero attached hydrogens (tertiary/aromatic N) is 4. The lowest BCUT2D eigenvalue weighted by atomic mass is 10.3. The Balaban J connectivity index is 1.53. The number of non-ortho nitro benzene ring substituents is 1. The largest absolute Gasteiger partial charge is 0.397 e. The molecule has 34 heavy (non-hydrogen) atoms. The normalized spacial score (nSPS) is 14.8. The van der Waals surface area contributed by atoms with E-state index in [1.807, 2.05) is 6.92 Å². The number of nitrogens with one attached hydrogen (secondary N) is 2. The van der Waals surface area contributed by atoms with Gasteiger partial charge in [-0.05, 0) is 19.1 Å². The second-order valence-electron chi connectivity index (χ2n) is 7.47. The lowest BCUT2D eigenvalue weighted by Crippen LogP contribution is -2.38. The third-order valence-electron chi connectivity index (χ3n) is 4.89. The van der Waals surface area contributed by atoms with Crippen molar-refractivity contribution < 1.29 is 14.5 Å². The summed E-state index contributed by atoms with van der Waals surface area (Å²) in [5.74, 6) is 0.193. The molecule has 1 aromatic carbocycles. The molecule has 0 bridgehead atoms. The molecule has 1 saturated heterocycles. The molecule has 1 aliphatic rings. The number of hydrogen-bond acceptors (Lipinski definition) is 10. The smallest absolute Gasteiger partial charge is 0.271 e. The fourth-order valence-corrected chi connectivity index (χ4v) is 4.08. The molecule has 4 N–H and O–H groups in total. The summed E-state index contributed by atoms with van der Waals surface area (Å²) in [5, 5.41) is 17.1. The van der Waals surface area contributed by atoms with Crippen molar-refractivity contribution in [3.63, 3.8) is 0 Å². The number of amides is 1. The van der Waals surface area contributed by atoms with Crippen LogP contribution in [0.3, 0.4) is 0 Å². The van der Waals surface area contributed by atoms with Gasteiger partial charge in [-0.2, -0.15) is 0 Å². The minimum absolute atomic E-state index is 0.0319. The second kappa shape index (κ2) is 12.0. The van der Waals surface area contributed by atoms with Crippen LogP contribution in [0.4, 0.5) is 16.5 Å². The molecule has 2 aromatic rings. The van der Waals surface area contributed by atoms with Crippen LogP contribution in [0.2, 0.25) is 0 Å². The maximum absolute atomic E-state index is 12.3. The highest BCUT2D eigenvalue weighted by Crippen LogP contribution is 2.26. The van der Waals surface area contributed by atoms with E-state index in [2.05, 4.69) is 32.1 Å². The number of allylic oxidation sites excluding steroid dienone is 1. The van der Waals surface area contributed by atoms with E-state index in [1.165, 1.54) is 29.7 Å². The quantitative estimate of drug-likeness (QED) is 0.264. The predicted octanol–water partition coefficient (Wildman–Crippen LogP) is 2.97. The van der Waals surface area contributed by atoms with E-state index >= 15 is 0 Å². The number of nitro groups is 1. The Labute approximate surface area is 201 Å². The number of anilines is 2. The molecule has 0 unspecified atom stereocenters. The topological polar surface area (TPSA) is 148 Å². The average Bonchev–Trinajstić information content (AvgIpc) is 3.18. The number of morpholine rings is 1. The number of benzene rings is 1. The summed E-state index contributed by atoms with van der Waals surface area (Å²) in [5.41, 5.74) is 7.78. The van der Waals surface area contributed by atoms with Gasteiger partial charge < -0.3 is 21.1 Å².